The summed E-state index contributed by atoms with van der Waals surface area (Å²) >= 11 is 0. The number of fused-ring (bicyclic) bond motifs is 6. The number of hydrogen-bond donors (Lipinski definition) is 0. The number of allylic oxidation sites excluding steroid dienone is 9. The van der Waals surface area contributed by atoms with Crippen LogP contribution in [0.2, 0.25) is 0 Å². The molecule has 8 rings (SSSR count). The first-order chi connectivity index (χ1) is 19.4. The van der Waals surface area contributed by atoms with Gasteiger partial charge in [0.25, 0.3) is 0 Å². The number of aromatic nitrogens is 2. The summed E-state index contributed by atoms with van der Waals surface area (Å²) in [5.41, 5.74) is 12.1. The van der Waals surface area contributed by atoms with Gasteiger partial charge in [0.15, 0.2) is 0 Å². The molecule has 0 N–H and O–H groups in total. The van der Waals surface area contributed by atoms with Gasteiger partial charge in [-0.2, -0.15) is 0 Å². The molecule has 4 aromatic carbocycles. The van der Waals surface area contributed by atoms with Gasteiger partial charge in [0.2, 0.25) is 0 Å². The van der Waals surface area contributed by atoms with Crippen LogP contribution < -0.4 is 0 Å². The average Bonchev–Trinajstić information content (AvgIpc) is 3.39. The molecule has 0 amide bonds. The highest BCUT2D eigenvalue weighted by molar-refractivity contribution is 6.11. The van der Waals surface area contributed by atoms with Crippen molar-refractivity contribution in [1.82, 2.24) is 9.13 Å². The lowest BCUT2D eigenvalue weighted by atomic mass is 9.91. The summed E-state index contributed by atoms with van der Waals surface area (Å²) in [5.74, 6) is 0.292. The highest BCUT2D eigenvalue weighted by Gasteiger charge is 2.18. The van der Waals surface area contributed by atoms with E-state index >= 15 is 0 Å². The van der Waals surface area contributed by atoms with Crippen LogP contribution in [0.5, 0.6) is 0 Å². The highest BCUT2D eigenvalue weighted by atomic mass is 15.0. The molecule has 0 fully saturated rings. The summed E-state index contributed by atoms with van der Waals surface area (Å²) in [7, 11) is 0. The maximum absolute atomic E-state index is 3.58. The van der Waals surface area contributed by atoms with Crippen molar-refractivity contribution in [2.45, 2.75) is 6.42 Å². The predicted molar refractivity (Wildman–Crippen MR) is 165 cm³/mol. The fourth-order valence-electron chi connectivity index (χ4n) is 6.29. The summed E-state index contributed by atoms with van der Waals surface area (Å²) in [4.78, 5) is 0. The Kier molecular flexibility index (Phi) is 4.94. The van der Waals surface area contributed by atoms with E-state index in [0.717, 1.165) is 12.1 Å². The van der Waals surface area contributed by atoms with Gasteiger partial charge in [-0.25, -0.2) is 0 Å². The van der Waals surface area contributed by atoms with E-state index in [-0.39, 0.29) is 0 Å². The molecule has 2 aromatic heterocycles. The molecule has 0 saturated carbocycles. The molecule has 0 aliphatic heterocycles. The Labute approximate surface area is 227 Å². The maximum atomic E-state index is 3.58. The molecule has 6 aromatic rings. The van der Waals surface area contributed by atoms with Crippen LogP contribution in [-0.2, 0) is 0 Å². The first-order valence-electron chi connectivity index (χ1n) is 13.6. The van der Waals surface area contributed by atoms with Crippen molar-refractivity contribution in [2.24, 2.45) is 5.92 Å². The molecule has 39 heavy (non-hydrogen) atoms. The first kappa shape index (κ1) is 22.0. The molecule has 0 saturated heterocycles. The predicted octanol–water partition coefficient (Wildman–Crippen LogP) is 9.51. The third kappa shape index (κ3) is 3.43. The van der Waals surface area contributed by atoms with Crippen molar-refractivity contribution in [3.63, 3.8) is 0 Å². The highest BCUT2D eigenvalue weighted by Crippen LogP contribution is 2.36. The third-order valence-electron chi connectivity index (χ3n) is 8.09. The Morgan fingerprint density at radius 1 is 0.538 bits per heavy atom. The molecule has 2 heterocycles. The molecule has 1 unspecified atom stereocenters. The minimum atomic E-state index is 0.292. The van der Waals surface area contributed by atoms with Gasteiger partial charge in [-0.1, -0.05) is 84.9 Å². The van der Waals surface area contributed by atoms with Gasteiger partial charge in [0.05, 0.1) is 22.1 Å². The quantitative estimate of drug-likeness (QED) is 0.215. The number of nitrogens with zero attached hydrogens (tertiary/aromatic N) is 2. The third-order valence-corrected chi connectivity index (χ3v) is 8.09. The summed E-state index contributed by atoms with van der Waals surface area (Å²) in [6.07, 6.45) is 16.7. The van der Waals surface area contributed by atoms with E-state index in [2.05, 4.69) is 154 Å². The van der Waals surface area contributed by atoms with E-state index in [1.54, 1.807) is 0 Å². The van der Waals surface area contributed by atoms with E-state index in [4.69, 9.17) is 0 Å². The van der Waals surface area contributed by atoms with Crippen molar-refractivity contribution in [2.75, 3.05) is 0 Å². The van der Waals surface area contributed by atoms with Crippen LogP contribution in [0.25, 0.3) is 55.0 Å². The summed E-state index contributed by atoms with van der Waals surface area (Å²) in [5, 5.41) is 5.15. The summed E-state index contributed by atoms with van der Waals surface area (Å²) < 4.78 is 4.76. The minimum Gasteiger partial charge on any atom is -0.310 e. The van der Waals surface area contributed by atoms with Crippen LogP contribution in [0.1, 0.15) is 6.42 Å². The summed E-state index contributed by atoms with van der Waals surface area (Å²) in [6, 6.07) is 34.7. The Balaban J connectivity index is 1.12. The molecule has 184 valence electrons. The van der Waals surface area contributed by atoms with Gasteiger partial charge in [-0.05, 0) is 61.1 Å². The lowest BCUT2D eigenvalue weighted by Crippen LogP contribution is -2.05. The number of para-hydroxylation sites is 4. The van der Waals surface area contributed by atoms with Gasteiger partial charge in [-0.3, -0.25) is 0 Å². The van der Waals surface area contributed by atoms with Crippen molar-refractivity contribution in [3.8, 4) is 0 Å². The second kappa shape index (κ2) is 8.77. The molecule has 2 nitrogen and oxygen atoms in total. The van der Waals surface area contributed by atoms with Crippen molar-refractivity contribution in [1.29, 1.82) is 0 Å². The fourth-order valence-corrected chi connectivity index (χ4v) is 6.29. The number of hydrogen-bond acceptors (Lipinski definition) is 0. The Morgan fingerprint density at radius 3 is 1.51 bits per heavy atom. The number of benzene rings is 4. The topological polar surface area (TPSA) is 9.86 Å². The second-order valence-electron chi connectivity index (χ2n) is 10.3. The van der Waals surface area contributed by atoms with Crippen LogP contribution in [-0.4, -0.2) is 9.13 Å². The van der Waals surface area contributed by atoms with Crippen molar-refractivity contribution < 1.29 is 0 Å². The number of rotatable bonds is 3. The Morgan fingerprint density at radius 2 is 1.03 bits per heavy atom. The molecule has 0 radical (unpaired) electrons. The van der Waals surface area contributed by atoms with Crippen LogP contribution in [0, 0.1) is 5.92 Å². The van der Waals surface area contributed by atoms with Crippen molar-refractivity contribution >= 4 is 55.0 Å². The molecule has 0 spiro atoms. The smallest absolute Gasteiger partial charge is 0.0541 e. The van der Waals surface area contributed by atoms with E-state index in [0.29, 0.717) is 5.92 Å². The summed E-state index contributed by atoms with van der Waals surface area (Å²) in [6.45, 7) is 0. The van der Waals surface area contributed by atoms with Crippen LogP contribution in [0.3, 0.4) is 0 Å². The average molecular weight is 499 g/mol. The van der Waals surface area contributed by atoms with E-state index in [9.17, 15) is 0 Å². The Hall–Kier alpha value is -5.04. The SMILES string of the molecule is C1=CC=C(n2c3ccccc3c3ccccc32)C=CC=1C1C=CC(n2c3ccccc3c3ccccc32)=CC1. The lowest BCUT2D eigenvalue weighted by Gasteiger charge is -2.18. The van der Waals surface area contributed by atoms with Gasteiger partial charge >= 0.3 is 0 Å². The van der Waals surface area contributed by atoms with E-state index in [1.165, 1.54) is 54.9 Å². The standard InChI is InChI=1S/C37H26N2/c1-5-16-34-30(12-1)31-13-2-6-17-35(31)38(34)28-11-9-10-26(20-23-28)27-21-24-29(25-22-27)39-36-18-7-3-14-32(36)33-15-4-8-19-37(33)39/h1-9,11-21,23-25,27H,22H2. The van der Waals surface area contributed by atoms with Crippen molar-refractivity contribution in [3.05, 3.63) is 151 Å². The molecule has 2 aliphatic rings. The van der Waals surface area contributed by atoms with Gasteiger partial charge in [-0.15, -0.1) is 5.73 Å². The van der Waals surface area contributed by atoms with Crippen LogP contribution in [0.15, 0.2) is 151 Å². The van der Waals surface area contributed by atoms with Crippen LogP contribution in [0.4, 0.5) is 0 Å². The molecule has 2 heteroatoms. The zero-order valence-electron chi connectivity index (χ0n) is 21.5. The zero-order chi connectivity index (χ0) is 25.8. The second-order valence-corrected chi connectivity index (χ2v) is 10.3. The fraction of sp³-hybridized carbons (Fsp3) is 0.0541. The molecular weight excluding hydrogens is 472 g/mol. The van der Waals surface area contributed by atoms with E-state index < -0.39 is 0 Å². The molecular formula is C37H26N2. The van der Waals surface area contributed by atoms with Gasteiger partial charge in [0, 0.05) is 44.4 Å². The Bertz CT molecular complexity index is 2020. The van der Waals surface area contributed by atoms with Gasteiger partial charge < -0.3 is 9.13 Å². The van der Waals surface area contributed by atoms with Crippen LogP contribution >= 0.6 is 0 Å². The lowest BCUT2D eigenvalue weighted by molar-refractivity contribution is 0.786. The van der Waals surface area contributed by atoms with Gasteiger partial charge in [0.1, 0.15) is 0 Å². The maximum Gasteiger partial charge on any atom is 0.0541 e. The largest absolute Gasteiger partial charge is 0.310 e. The normalized spacial score (nSPS) is 17.1. The monoisotopic (exact) mass is 498 g/mol. The zero-order valence-corrected chi connectivity index (χ0v) is 21.5. The molecule has 1 atom stereocenters. The first-order valence-corrected chi connectivity index (χ1v) is 13.6. The minimum absolute atomic E-state index is 0.292. The molecule has 0 bridgehead atoms. The molecule has 2 aliphatic carbocycles. The van der Waals surface area contributed by atoms with E-state index in [1.807, 2.05) is 0 Å².